The highest BCUT2D eigenvalue weighted by molar-refractivity contribution is 5.78. The van der Waals surface area contributed by atoms with Gasteiger partial charge in [-0.05, 0) is 51.4 Å². The van der Waals surface area contributed by atoms with Gasteiger partial charge in [-0.2, -0.15) is 0 Å². The molecule has 0 unspecified atom stereocenters. The molecule has 1 aromatic carbocycles. The summed E-state index contributed by atoms with van der Waals surface area (Å²) in [6, 6.07) is 7.81. The third-order valence-electron chi connectivity index (χ3n) is 4.80. The average Bonchev–Trinajstić information content (AvgIpc) is 3.10. The number of likely N-dealkylation sites (tertiary alicyclic amines) is 1. The monoisotopic (exact) mass is 373 g/mol. The Balaban J connectivity index is 1.36. The highest BCUT2D eigenvalue weighted by Gasteiger charge is 2.25. The molecule has 146 valence electrons. The molecule has 0 spiro atoms. The Morgan fingerprint density at radius 2 is 2.07 bits per heavy atom. The summed E-state index contributed by atoms with van der Waals surface area (Å²) in [7, 11) is 0. The molecule has 1 aromatic heterocycles. The van der Waals surface area contributed by atoms with Crippen LogP contribution in [-0.4, -0.2) is 54.5 Å². The van der Waals surface area contributed by atoms with Crippen LogP contribution in [-0.2, 0) is 14.3 Å². The van der Waals surface area contributed by atoms with Crippen LogP contribution in [0, 0.1) is 0 Å². The van der Waals surface area contributed by atoms with Crippen LogP contribution in [0.2, 0.25) is 0 Å². The SMILES string of the molecule is CCOC(=O)CCCNC(=O)CN1CCC(c2nc3ccccc3o2)CC1. The standard InChI is InChI=1S/C20H27N3O4/c1-2-26-19(25)8-5-11-21-18(24)14-23-12-9-15(10-13-23)20-22-16-6-3-4-7-17(16)27-20/h3-4,6-7,15H,2,5,8-14H2,1H3,(H,21,24). The molecular formula is C20H27N3O4. The molecule has 27 heavy (non-hydrogen) atoms. The summed E-state index contributed by atoms with van der Waals surface area (Å²) in [5.41, 5.74) is 1.73. The minimum absolute atomic E-state index is 0.000768. The number of aromatic nitrogens is 1. The number of nitrogens with one attached hydrogen (secondary N) is 1. The molecule has 7 nitrogen and oxygen atoms in total. The van der Waals surface area contributed by atoms with Gasteiger partial charge >= 0.3 is 5.97 Å². The van der Waals surface area contributed by atoms with Gasteiger partial charge < -0.3 is 14.5 Å². The van der Waals surface area contributed by atoms with Crippen molar-refractivity contribution in [1.82, 2.24) is 15.2 Å². The fourth-order valence-electron chi connectivity index (χ4n) is 3.36. The molecule has 1 aliphatic rings. The van der Waals surface area contributed by atoms with Gasteiger partial charge in [-0.1, -0.05) is 12.1 Å². The van der Waals surface area contributed by atoms with Gasteiger partial charge in [0, 0.05) is 18.9 Å². The largest absolute Gasteiger partial charge is 0.466 e. The number of esters is 1. The van der Waals surface area contributed by atoms with Crippen LogP contribution in [0.5, 0.6) is 0 Å². The second kappa shape index (κ2) is 9.50. The number of piperidine rings is 1. The number of carbonyl (C=O) groups is 2. The van der Waals surface area contributed by atoms with E-state index in [-0.39, 0.29) is 11.9 Å². The summed E-state index contributed by atoms with van der Waals surface area (Å²) in [5, 5.41) is 2.87. The van der Waals surface area contributed by atoms with Crippen molar-refractivity contribution in [2.75, 3.05) is 32.8 Å². The molecule has 0 saturated carbocycles. The molecule has 0 radical (unpaired) electrons. The molecule has 7 heteroatoms. The van der Waals surface area contributed by atoms with Crippen LogP contribution in [0.25, 0.3) is 11.1 Å². The van der Waals surface area contributed by atoms with Gasteiger partial charge in [-0.3, -0.25) is 14.5 Å². The van der Waals surface area contributed by atoms with Gasteiger partial charge in [0.15, 0.2) is 11.5 Å². The van der Waals surface area contributed by atoms with Crippen LogP contribution < -0.4 is 5.32 Å². The van der Waals surface area contributed by atoms with E-state index >= 15 is 0 Å². The number of hydrogen-bond donors (Lipinski definition) is 1. The molecule has 1 amide bonds. The molecule has 2 aromatic rings. The van der Waals surface area contributed by atoms with E-state index in [0.717, 1.165) is 42.9 Å². The van der Waals surface area contributed by atoms with Gasteiger partial charge in [0.2, 0.25) is 5.91 Å². The summed E-state index contributed by atoms with van der Waals surface area (Å²) >= 11 is 0. The summed E-state index contributed by atoms with van der Waals surface area (Å²) < 4.78 is 10.7. The van der Waals surface area contributed by atoms with Crippen LogP contribution in [0.3, 0.4) is 0 Å². The van der Waals surface area contributed by atoms with Gasteiger partial charge in [-0.15, -0.1) is 0 Å². The third kappa shape index (κ3) is 5.53. The normalized spacial score (nSPS) is 15.7. The van der Waals surface area contributed by atoms with Crippen molar-refractivity contribution in [1.29, 1.82) is 0 Å². The Hall–Kier alpha value is -2.41. The lowest BCUT2D eigenvalue weighted by Crippen LogP contribution is -2.41. The van der Waals surface area contributed by atoms with Crippen molar-refractivity contribution in [3.8, 4) is 0 Å². The van der Waals surface area contributed by atoms with E-state index in [2.05, 4.69) is 15.2 Å². The predicted octanol–water partition coefficient (Wildman–Crippen LogP) is 2.47. The van der Waals surface area contributed by atoms with Gasteiger partial charge in [0.25, 0.3) is 0 Å². The Bertz CT molecular complexity index is 732. The second-order valence-electron chi connectivity index (χ2n) is 6.83. The zero-order valence-corrected chi connectivity index (χ0v) is 15.8. The first-order chi connectivity index (χ1) is 13.2. The minimum atomic E-state index is -0.215. The minimum Gasteiger partial charge on any atom is -0.466 e. The van der Waals surface area contributed by atoms with Crippen LogP contribution in [0.4, 0.5) is 0 Å². The third-order valence-corrected chi connectivity index (χ3v) is 4.80. The molecule has 2 heterocycles. The van der Waals surface area contributed by atoms with E-state index in [0.29, 0.717) is 38.5 Å². The van der Waals surface area contributed by atoms with Gasteiger partial charge in [-0.25, -0.2) is 4.98 Å². The number of rotatable bonds is 8. The van der Waals surface area contributed by atoms with Crippen molar-refractivity contribution in [3.63, 3.8) is 0 Å². The van der Waals surface area contributed by atoms with Crippen LogP contribution in [0.15, 0.2) is 28.7 Å². The first-order valence-electron chi connectivity index (χ1n) is 9.66. The summed E-state index contributed by atoms with van der Waals surface area (Å²) in [4.78, 5) is 30.1. The van der Waals surface area contributed by atoms with E-state index in [1.807, 2.05) is 24.3 Å². The van der Waals surface area contributed by atoms with E-state index < -0.39 is 0 Å². The Morgan fingerprint density at radius 3 is 2.81 bits per heavy atom. The number of amides is 1. The maximum atomic E-state index is 12.1. The van der Waals surface area contributed by atoms with Crippen LogP contribution in [0.1, 0.15) is 44.4 Å². The quantitative estimate of drug-likeness (QED) is 0.565. The summed E-state index contributed by atoms with van der Waals surface area (Å²) in [6.45, 7) is 4.76. The maximum absolute atomic E-state index is 12.1. The molecule has 0 aliphatic carbocycles. The Labute approximate surface area is 159 Å². The van der Waals surface area contributed by atoms with E-state index in [4.69, 9.17) is 9.15 Å². The number of carbonyl (C=O) groups excluding carboxylic acids is 2. The van der Waals surface area contributed by atoms with E-state index in [1.54, 1.807) is 6.92 Å². The number of ether oxygens (including phenoxy) is 1. The fraction of sp³-hybridized carbons (Fsp3) is 0.550. The maximum Gasteiger partial charge on any atom is 0.305 e. The number of benzene rings is 1. The predicted molar refractivity (Wildman–Crippen MR) is 101 cm³/mol. The van der Waals surface area contributed by atoms with Gasteiger partial charge in [0.05, 0.1) is 13.2 Å². The first-order valence-corrected chi connectivity index (χ1v) is 9.66. The van der Waals surface area contributed by atoms with Crippen molar-refractivity contribution >= 4 is 23.0 Å². The van der Waals surface area contributed by atoms with Crippen molar-refractivity contribution in [3.05, 3.63) is 30.2 Å². The molecule has 0 atom stereocenters. The number of nitrogens with zero attached hydrogens (tertiary/aromatic N) is 2. The Kier molecular flexibility index (Phi) is 6.81. The summed E-state index contributed by atoms with van der Waals surface area (Å²) in [5.74, 6) is 0.896. The zero-order chi connectivity index (χ0) is 19.1. The highest BCUT2D eigenvalue weighted by Crippen LogP contribution is 2.29. The van der Waals surface area contributed by atoms with Crippen molar-refractivity contribution < 1.29 is 18.7 Å². The number of hydrogen-bond acceptors (Lipinski definition) is 6. The fourth-order valence-corrected chi connectivity index (χ4v) is 3.36. The molecular weight excluding hydrogens is 346 g/mol. The lowest BCUT2D eigenvalue weighted by Gasteiger charge is -2.29. The van der Waals surface area contributed by atoms with E-state index in [1.165, 1.54) is 0 Å². The highest BCUT2D eigenvalue weighted by atomic mass is 16.5. The molecule has 1 N–H and O–H groups in total. The molecule has 1 fully saturated rings. The molecule has 0 bridgehead atoms. The molecule has 1 aliphatic heterocycles. The topological polar surface area (TPSA) is 84.7 Å². The first kappa shape index (κ1) is 19.4. The second-order valence-corrected chi connectivity index (χ2v) is 6.83. The molecule has 1 saturated heterocycles. The lowest BCUT2D eigenvalue weighted by atomic mass is 9.97. The number of oxazole rings is 1. The molecule has 3 rings (SSSR count). The zero-order valence-electron chi connectivity index (χ0n) is 15.8. The van der Waals surface area contributed by atoms with Gasteiger partial charge in [0.1, 0.15) is 5.52 Å². The van der Waals surface area contributed by atoms with E-state index in [9.17, 15) is 9.59 Å². The smallest absolute Gasteiger partial charge is 0.305 e. The lowest BCUT2D eigenvalue weighted by molar-refractivity contribution is -0.143. The number of fused-ring (bicyclic) bond motifs is 1. The van der Waals surface area contributed by atoms with Crippen LogP contribution >= 0.6 is 0 Å². The summed E-state index contributed by atoms with van der Waals surface area (Å²) in [6.07, 6.45) is 2.81. The average molecular weight is 373 g/mol. The number of para-hydroxylation sites is 2. The Morgan fingerprint density at radius 1 is 1.30 bits per heavy atom. The van der Waals surface area contributed by atoms with Crippen molar-refractivity contribution in [2.45, 2.75) is 38.5 Å². The van der Waals surface area contributed by atoms with Crippen molar-refractivity contribution in [2.24, 2.45) is 0 Å².